The van der Waals surface area contributed by atoms with Gasteiger partial charge in [-0.05, 0) is 18.6 Å². The van der Waals surface area contributed by atoms with Crippen LogP contribution in [0.4, 0.5) is 11.4 Å². The Morgan fingerprint density at radius 3 is 2.41 bits per heavy atom. The first kappa shape index (κ1) is 13.1. The number of benzene rings is 1. The van der Waals surface area contributed by atoms with E-state index < -0.39 is 11.0 Å². The van der Waals surface area contributed by atoms with Gasteiger partial charge in [0.25, 0.3) is 5.69 Å². The van der Waals surface area contributed by atoms with Gasteiger partial charge >= 0.3 is 0 Å². The number of likely N-dealkylation sites (N-methyl/N-ethyl adjacent to an activating group) is 1. The van der Waals surface area contributed by atoms with Crippen LogP contribution in [0.2, 0.25) is 0 Å². The van der Waals surface area contributed by atoms with Gasteiger partial charge in [0.05, 0.1) is 11.0 Å². The molecule has 92 valence electrons. The number of carbonyl (C=O) groups is 1. The van der Waals surface area contributed by atoms with Crippen LogP contribution < -0.4 is 10.6 Å². The number of nitrogens with two attached hydrogens (primary N) is 1. The van der Waals surface area contributed by atoms with Gasteiger partial charge in [0.15, 0.2) is 0 Å². The van der Waals surface area contributed by atoms with Crippen molar-refractivity contribution in [3.05, 3.63) is 34.4 Å². The SMILES string of the molecule is CC[C@H](N)C(=O)N(C)c1ccc([N+](=O)[O-])cc1. The molecule has 0 saturated heterocycles. The van der Waals surface area contributed by atoms with Crippen molar-refractivity contribution in [2.45, 2.75) is 19.4 Å². The fourth-order valence-electron chi connectivity index (χ4n) is 1.35. The van der Waals surface area contributed by atoms with Crippen LogP contribution in [0.3, 0.4) is 0 Å². The molecule has 1 aromatic carbocycles. The minimum Gasteiger partial charge on any atom is -0.320 e. The topological polar surface area (TPSA) is 89.5 Å². The summed E-state index contributed by atoms with van der Waals surface area (Å²) in [5.74, 6) is -0.207. The predicted octanol–water partition coefficient (Wildman–Crippen LogP) is 1.29. The van der Waals surface area contributed by atoms with Gasteiger partial charge in [-0.2, -0.15) is 0 Å². The number of amides is 1. The minimum absolute atomic E-state index is 0.00520. The molecule has 1 atom stereocenters. The van der Waals surface area contributed by atoms with Gasteiger partial charge in [0, 0.05) is 24.9 Å². The molecule has 0 fully saturated rings. The quantitative estimate of drug-likeness (QED) is 0.631. The molecule has 0 spiro atoms. The van der Waals surface area contributed by atoms with Crippen LogP contribution in [-0.2, 0) is 4.79 Å². The maximum Gasteiger partial charge on any atom is 0.269 e. The number of nitrogens with zero attached hydrogens (tertiary/aromatic N) is 2. The van der Waals surface area contributed by atoms with E-state index in [2.05, 4.69) is 0 Å². The summed E-state index contributed by atoms with van der Waals surface area (Å²) < 4.78 is 0. The molecular weight excluding hydrogens is 222 g/mol. The highest BCUT2D eigenvalue weighted by Crippen LogP contribution is 2.18. The minimum atomic E-state index is -0.546. The molecule has 0 aliphatic carbocycles. The zero-order valence-electron chi connectivity index (χ0n) is 9.79. The fourth-order valence-corrected chi connectivity index (χ4v) is 1.35. The summed E-state index contributed by atoms with van der Waals surface area (Å²) in [7, 11) is 1.60. The van der Waals surface area contributed by atoms with Gasteiger partial charge in [-0.3, -0.25) is 14.9 Å². The molecule has 1 rings (SSSR count). The van der Waals surface area contributed by atoms with Crippen LogP contribution in [-0.4, -0.2) is 23.9 Å². The van der Waals surface area contributed by atoms with E-state index in [0.717, 1.165) is 0 Å². The van der Waals surface area contributed by atoms with Crippen LogP contribution in [0, 0.1) is 10.1 Å². The summed E-state index contributed by atoms with van der Waals surface area (Å²) in [4.78, 5) is 23.2. The van der Waals surface area contributed by atoms with E-state index in [4.69, 9.17) is 5.73 Å². The van der Waals surface area contributed by atoms with Crippen LogP contribution >= 0.6 is 0 Å². The standard InChI is InChI=1S/C11H15N3O3/c1-3-10(12)11(15)13(2)8-4-6-9(7-5-8)14(16)17/h4-7,10H,3,12H2,1-2H3/t10-/m0/s1. The number of nitro benzene ring substituents is 1. The van der Waals surface area contributed by atoms with Crippen molar-refractivity contribution < 1.29 is 9.72 Å². The molecule has 0 heterocycles. The van der Waals surface area contributed by atoms with E-state index in [9.17, 15) is 14.9 Å². The third-order valence-corrected chi connectivity index (χ3v) is 2.54. The van der Waals surface area contributed by atoms with Crippen molar-refractivity contribution in [3.63, 3.8) is 0 Å². The number of hydrogen-bond donors (Lipinski definition) is 1. The van der Waals surface area contributed by atoms with Crippen LogP contribution in [0.15, 0.2) is 24.3 Å². The van der Waals surface area contributed by atoms with Gasteiger partial charge in [0.2, 0.25) is 5.91 Å². The molecule has 0 aromatic heterocycles. The van der Waals surface area contributed by atoms with Crippen molar-refractivity contribution in [1.82, 2.24) is 0 Å². The Balaban J connectivity index is 2.86. The van der Waals surface area contributed by atoms with Gasteiger partial charge in [0.1, 0.15) is 0 Å². The van der Waals surface area contributed by atoms with Crippen LogP contribution in [0.1, 0.15) is 13.3 Å². The van der Waals surface area contributed by atoms with Crippen LogP contribution in [0.25, 0.3) is 0 Å². The number of anilines is 1. The van der Waals surface area contributed by atoms with Crippen molar-refractivity contribution in [1.29, 1.82) is 0 Å². The summed E-state index contributed by atoms with van der Waals surface area (Å²) in [6.45, 7) is 1.83. The molecule has 0 aliphatic heterocycles. The highest BCUT2D eigenvalue weighted by molar-refractivity contribution is 5.96. The molecule has 0 unspecified atom stereocenters. The Morgan fingerprint density at radius 1 is 1.47 bits per heavy atom. The fraction of sp³-hybridized carbons (Fsp3) is 0.364. The van der Waals surface area contributed by atoms with Gasteiger partial charge in [-0.15, -0.1) is 0 Å². The maximum atomic E-state index is 11.8. The lowest BCUT2D eigenvalue weighted by atomic mass is 10.2. The Bertz CT molecular complexity index is 416. The molecule has 1 amide bonds. The summed E-state index contributed by atoms with van der Waals surface area (Å²) in [6.07, 6.45) is 0.552. The van der Waals surface area contributed by atoms with Crippen molar-refractivity contribution in [2.24, 2.45) is 5.73 Å². The number of hydrogen-bond acceptors (Lipinski definition) is 4. The van der Waals surface area contributed by atoms with Crippen LogP contribution in [0.5, 0.6) is 0 Å². The Morgan fingerprint density at radius 2 is 2.00 bits per heavy atom. The Kier molecular flexibility index (Phi) is 4.17. The third kappa shape index (κ3) is 3.01. The Hall–Kier alpha value is -1.95. The van der Waals surface area contributed by atoms with Crippen molar-refractivity contribution in [2.75, 3.05) is 11.9 Å². The molecule has 0 aliphatic rings. The normalized spacial score (nSPS) is 11.9. The lowest BCUT2D eigenvalue weighted by Crippen LogP contribution is -2.41. The van der Waals surface area contributed by atoms with E-state index in [-0.39, 0.29) is 11.6 Å². The second-order valence-corrected chi connectivity index (χ2v) is 3.69. The molecule has 6 nitrogen and oxygen atoms in total. The predicted molar refractivity (Wildman–Crippen MR) is 64.8 cm³/mol. The molecule has 0 bridgehead atoms. The molecule has 0 saturated carbocycles. The smallest absolute Gasteiger partial charge is 0.269 e. The highest BCUT2D eigenvalue weighted by Gasteiger charge is 2.17. The second kappa shape index (κ2) is 5.40. The Labute approximate surface area is 99.2 Å². The maximum absolute atomic E-state index is 11.8. The van der Waals surface area contributed by atoms with Gasteiger partial charge in [-0.25, -0.2) is 0 Å². The van der Waals surface area contributed by atoms with Gasteiger partial charge < -0.3 is 10.6 Å². The summed E-state index contributed by atoms with van der Waals surface area (Å²) in [5, 5.41) is 10.5. The lowest BCUT2D eigenvalue weighted by molar-refractivity contribution is -0.384. The van der Waals surface area contributed by atoms with E-state index >= 15 is 0 Å². The number of non-ortho nitro benzene ring substituents is 1. The molecule has 1 aromatic rings. The first-order valence-electron chi connectivity index (χ1n) is 5.25. The molecular formula is C11H15N3O3. The summed E-state index contributed by atoms with van der Waals surface area (Å²) >= 11 is 0. The first-order valence-corrected chi connectivity index (χ1v) is 5.25. The summed E-state index contributed by atoms with van der Waals surface area (Å²) in [6, 6.07) is 5.22. The van der Waals surface area contributed by atoms with Gasteiger partial charge in [-0.1, -0.05) is 6.92 Å². The second-order valence-electron chi connectivity index (χ2n) is 3.69. The van der Waals surface area contributed by atoms with Crippen molar-refractivity contribution >= 4 is 17.3 Å². The third-order valence-electron chi connectivity index (χ3n) is 2.54. The highest BCUT2D eigenvalue weighted by atomic mass is 16.6. The molecule has 6 heteroatoms. The van der Waals surface area contributed by atoms with Crippen molar-refractivity contribution in [3.8, 4) is 0 Å². The average molecular weight is 237 g/mol. The number of nitro groups is 1. The molecule has 17 heavy (non-hydrogen) atoms. The van der Waals surface area contributed by atoms with E-state index in [1.165, 1.54) is 29.2 Å². The average Bonchev–Trinajstić information content (AvgIpc) is 2.36. The number of carbonyl (C=O) groups excluding carboxylic acids is 1. The molecule has 0 radical (unpaired) electrons. The van der Waals surface area contributed by atoms with E-state index in [0.29, 0.717) is 12.1 Å². The largest absolute Gasteiger partial charge is 0.320 e. The zero-order valence-corrected chi connectivity index (χ0v) is 9.79. The summed E-state index contributed by atoms with van der Waals surface area (Å²) in [5.41, 5.74) is 6.22. The zero-order chi connectivity index (χ0) is 13.0. The first-order chi connectivity index (χ1) is 7.97. The van der Waals surface area contributed by atoms with E-state index in [1.54, 1.807) is 7.05 Å². The number of rotatable bonds is 4. The molecule has 2 N–H and O–H groups in total. The van der Waals surface area contributed by atoms with E-state index in [1.807, 2.05) is 6.92 Å². The lowest BCUT2D eigenvalue weighted by Gasteiger charge is -2.20. The monoisotopic (exact) mass is 237 g/mol.